The van der Waals surface area contributed by atoms with E-state index in [2.05, 4.69) is 31.2 Å². The summed E-state index contributed by atoms with van der Waals surface area (Å²) >= 11 is 0. The quantitative estimate of drug-likeness (QED) is 0.766. The largest absolute Gasteiger partial charge is 0.481 e. The van der Waals surface area contributed by atoms with E-state index in [1.54, 1.807) is 0 Å². The molecule has 0 spiro atoms. The topological polar surface area (TPSA) is 84.2 Å². The van der Waals surface area contributed by atoms with E-state index in [9.17, 15) is 14.7 Å². The van der Waals surface area contributed by atoms with Gasteiger partial charge in [-0.05, 0) is 58.6 Å². The summed E-state index contributed by atoms with van der Waals surface area (Å²) < 4.78 is 1.93. The van der Waals surface area contributed by atoms with Gasteiger partial charge in [-0.25, -0.2) is 0 Å². The zero-order chi connectivity index (χ0) is 20.5. The first-order chi connectivity index (χ1) is 13.1. The van der Waals surface area contributed by atoms with Crippen molar-refractivity contribution in [3.8, 4) is 0 Å². The van der Waals surface area contributed by atoms with Crippen molar-refractivity contribution in [3.05, 3.63) is 52.8 Å². The summed E-state index contributed by atoms with van der Waals surface area (Å²) in [4.78, 5) is 24.3. The highest BCUT2D eigenvalue weighted by Gasteiger charge is 2.32. The molecule has 1 heterocycles. The predicted molar refractivity (Wildman–Crippen MR) is 108 cm³/mol. The number of aromatic nitrogens is 2. The molecule has 1 aromatic carbocycles. The highest BCUT2D eigenvalue weighted by atomic mass is 16.4. The van der Waals surface area contributed by atoms with Crippen LogP contribution in [-0.2, 0) is 16.8 Å². The van der Waals surface area contributed by atoms with Crippen molar-refractivity contribution >= 4 is 11.9 Å². The van der Waals surface area contributed by atoms with Gasteiger partial charge in [0.25, 0.3) is 5.91 Å². The summed E-state index contributed by atoms with van der Waals surface area (Å²) in [7, 11) is 0. The standard InChI is InChI=1S/C22H29N3O3/c1-14-6-5-7-15(10-14)11-17(21(27)28)13-23-20(26)18-12-19(16-8-9-16)25(24-18)22(2,3)4/h5-7,10,12,16-17H,8-9,11,13H2,1-4H3,(H,23,26)(H,27,28). The van der Waals surface area contributed by atoms with Gasteiger partial charge in [-0.2, -0.15) is 5.10 Å². The SMILES string of the molecule is Cc1cccc(CC(CNC(=O)c2cc(C3CC3)n(C(C)(C)C)n2)C(=O)O)c1. The number of nitrogens with one attached hydrogen (secondary N) is 1. The maximum Gasteiger partial charge on any atom is 0.308 e. The van der Waals surface area contributed by atoms with Gasteiger partial charge in [0.15, 0.2) is 0 Å². The Morgan fingerprint density at radius 1 is 1.29 bits per heavy atom. The Balaban J connectivity index is 1.69. The normalized spacial score (nSPS) is 15.3. The van der Waals surface area contributed by atoms with Crippen LogP contribution in [0, 0.1) is 12.8 Å². The summed E-state index contributed by atoms with van der Waals surface area (Å²) in [5.41, 5.74) is 3.29. The van der Waals surface area contributed by atoms with Crippen LogP contribution in [0.4, 0.5) is 0 Å². The van der Waals surface area contributed by atoms with Crippen LogP contribution in [0.1, 0.15) is 66.8 Å². The lowest BCUT2D eigenvalue weighted by Gasteiger charge is -2.22. The fourth-order valence-corrected chi connectivity index (χ4v) is 3.39. The van der Waals surface area contributed by atoms with E-state index < -0.39 is 11.9 Å². The predicted octanol–water partition coefficient (Wildman–Crippen LogP) is 3.50. The first-order valence-electron chi connectivity index (χ1n) is 9.82. The molecule has 3 rings (SSSR count). The molecule has 0 radical (unpaired) electrons. The van der Waals surface area contributed by atoms with Gasteiger partial charge < -0.3 is 10.4 Å². The summed E-state index contributed by atoms with van der Waals surface area (Å²) in [6, 6.07) is 9.64. The molecule has 1 saturated carbocycles. The zero-order valence-electron chi connectivity index (χ0n) is 17.0. The van der Waals surface area contributed by atoms with Crippen molar-refractivity contribution in [2.75, 3.05) is 6.54 Å². The van der Waals surface area contributed by atoms with E-state index in [1.807, 2.05) is 41.9 Å². The van der Waals surface area contributed by atoms with E-state index in [0.29, 0.717) is 18.0 Å². The third-order valence-corrected chi connectivity index (χ3v) is 5.02. The van der Waals surface area contributed by atoms with Crippen molar-refractivity contribution in [1.29, 1.82) is 0 Å². The summed E-state index contributed by atoms with van der Waals surface area (Å²) in [5.74, 6) is -1.44. The number of carboxylic acid groups (broad SMARTS) is 1. The molecule has 1 aliphatic carbocycles. The molecule has 6 heteroatoms. The molecular formula is C22H29N3O3. The first-order valence-corrected chi connectivity index (χ1v) is 9.82. The van der Waals surface area contributed by atoms with Crippen molar-refractivity contribution < 1.29 is 14.7 Å². The Hall–Kier alpha value is -2.63. The van der Waals surface area contributed by atoms with Gasteiger partial charge in [0, 0.05) is 18.2 Å². The van der Waals surface area contributed by atoms with Crippen LogP contribution in [0.25, 0.3) is 0 Å². The number of nitrogens with zero attached hydrogens (tertiary/aromatic N) is 2. The van der Waals surface area contributed by atoms with Gasteiger partial charge >= 0.3 is 5.97 Å². The second-order valence-corrected chi connectivity index (χ2v) is 8.75. The second-order valence-electron chi connectivity index (χ2n) is 8.75. The Kier molecular flexibility index (Phi) is 5.59. The van der Waals surface area contributed by atoms with Gasteiger partial charge in [0.2, 0.25) is 0 Å². The third kappa shape index (κ3) is 4.80. The van der Waals surface area contributed by atoms with Crippen molar-refractivity contribution in [1.82, 2.24) is 15.1 Å². The Labute approximate surface area is 166 Å². The minimum atomic E-state index is -0.916. The highest BCUT2D eigenvalue weighted by molar-refractivity contribution is 5.92. The Bertz CT molecular complexity index is 875. The molecule has 1 unspecified atom stereocenters. The molecule has 6 nitrogen and oxygen atoms in total. The third-order valence-electron chi connectivity index (χ3n) is 5.02. The average molecular weight is 383 g/mol. The van der Waals surface area contributed by atoms with E-state index >= 15 is 0 Å². The highest BCUT2D eigenvalue weighted by Crippen LogP contribution is 2.41. The number of amides is 1. The lowest BCUT2D eigenvalue weighted by atomic mass is 9.98. The zero-order valence-corrected chi connectivity index (χ0v) is 17.0. The van der Waals surface area contributed by atoms with Crippen LogP contribution in [-0.4, -0.2) is 33.3 Å². The van der Waals surface area contributed by atoms with E-state index in [4.69, 9.17) is 0 Å². The van der Waals surface area contributed by atoms with Gasteiger partial charge in [0.05, 0.1) is 11.5 Å². The van der Waals surface area contributed by atoms with Crippen molar-refractivity contribution in [3.63, 3.8) is 0 Å². The molecule has 0 aliphatic heterocycles. The molecule has 0 bridgehead atoms. The van der Waals surface area contributed by atoms with Crippen molar-refractivity contribution in [2.24, 2.45) is 5.92 Å². The fourth-order valence-electron chi connectivity index (χ4n) is 3.39. The van der Waals surface area contributed by atoms with E-state index in [1.165, 1.54) is 0 Å². The number of rotatable bonds is 7. The van der Waals surface area contributed by atoms with E-state index in [0.717, 1.165) is 29.7 Å². The van der Waals surface area contributed by atoms with Crippen LogP contribution in [0.5, 0.6) is 0 Å². The van der Waals surface area contributed by atoms with Crippen LogP contribution in [0.3, 0.4) is 0 Å². The number of carbonyl (C=O) groups is 2. The molecule has 1 aromatic heterocycles. The maximum absolute atomic E-state index is 12.6. The molecule has 1 amide bonds. The lowest BCUT2D eigenvalue weighted by molar-refractivity contribution is -0.141. The summed E-state index contributed by atoms with van der Waals surface area (Å²) in [6.07, 6.45) is 2.63. The van der Waals surface area contributed by atoms with Crippen molar-refractivity contribution in [2.45, 2.75) is 58.4 Å². The van der Waals surface area contributed by atoms with Crippen LogP contribution >= 0.6 is 0 Å². The monoisotopic (exact) mass is 383 g/mol. The average Bonchev–Trinajstić information content (AvgIpc) is 3.34. The van der Waals surface area contributed by atoms with Gasteiger partial charge in [-0.1, -0.05) is 29.8 Å². The molecular weight excluding hydrogens is 354 g/mol. The fraction of sp³-hybridized carbons (Fsp3) is 0.500. The van der Waals surface area contributed by atoms with Gasteiger partial charge in [0.1, 0.15) is 5.69 Å². The number of carbonyl (C=O) groups excluding carboxylic acids is 1. The number of benzene rings is 1. The molecule has 150 valence electrons. The first kappa shape index (κ1) is 20.1. The van der Waals surface area contributed by atoms with Gasteiger partial charge in [-0.15, -0.1) is 0 Å². The number of hydrogen-bond acceptors (Lipinski definition) is 3. The Morgan fingerprint density at radius 3 is 2.57 bits per heavy atom. The molecule has 28 heavy (non-hydrogen) atoms. The minimum absolute atomic E-state index is 0.0727. The van der Waals surface area contributed by atoms with Crippen LogP contribution in [0.15, 0.2) is 30.3 Å². The smallest absolute Gasteiger partial charge is 0.308 e. The van der Waals surface area contributed by atoms with Crippen LogP contribution in [0.2, 0.25) is 0 Å². The van der Waals surface area contributed by atoms with E-state index in [-0.39, 0.29) is 18.0 Å². The molecule has 1 atom stereocenters. The lowest BCUT2D eigenvalue weighted by Crippen LogP contribution is -2.34. The summed E-state index contributed by atoms with van der Waals surface area (Å²) in [5, 5.41) is 16.8. The maximum atomic E-state index is 12.6. The summed E-state index contributed by atoms with van der Waals surface area (Å²) in [6.45, 7) is 8.24. The molecule has 0 saturated heterocycles. The molecule has 1 fully saturated rings. The minimum Gasteiger partial charge on any atom is -0.481 e. The molecule has 1 aliphatic rings. The van der Waals surface area contributed by atoms with Gasteiger partial charge in [-0.3, -0.25) is 14.3 Å². The molecule has 2 aromatic rings. The van der Waals surface area contributed by atoms with Crippen LogP contribution < -0.4 is 5.32 Å². The Morgan fingerprint density at radius 2 is 2.00 bits per heavy atom. The number of aliphatic carboxylic acids is 1. The number of hydrogen-bond donors (Lipinski definition) is 2. The number of aryl methyl sites for hydroxylation is 1. The second kappa shape index (κ2) is 7.78. The number of carboxylic acids is 1. The molecule has 2 N–H and O–H groups in total.